The van der Waals surface area contributed by atoms with Crippen molar-refractivity contribution in [1.82, 2.24) is 25.0 Å². The maximum absolute atomic E-state index is 13.2. The van der Waals surface area contributed by atoms with Gasteiger partial charge in [-0.25, -0.2) is 9.97 Å². The van der Waals surface area contributed by atoms with Gasteiger partial charge in [0.2, 0.25) is 0 Å². The van der Waals surface area contributed by atoms with Crippen LogP contribution >= 0.6 is 0 Å². The van der Waals surface area contributed by atoms with Crippen molar-refractivity contribution >= 4 is 28.0 Å². The molecule has 1 N–H and O–H groups in total. The van der Waals surface area contributed by atoms with Gasteiger partial charge in [-0.1, -0.05) is 31.1 Å². The van der Waals surface area contributed by atoms with Crippen LogP contribution in [0.2, 0.25) is 0 Å². The first-order chi connectivity index (χ1) is 13.4. The highest BCUT2D eigenvalue weighted by Crippen LogP contribution is 2.27. The first-order valence-electron chi connectivity index (χ1n) is 9.32. The summed E-state index contributed by atoms with van der Waals surface area (Å²) in [6.45, 7) is 7.79. The maximum atomic E-state index is 13.2. The number of aromatic nitrogens is 4. The largest absolute Gasteiger partial charge is 0.342 e. The number of carbonyl (C=O) groups is 1. The van der Waals surface area contributed by atoms with E-state index in [2.05, 4.69) is 29.3 Å². The van der Waals surface area contributed by atoms with Gasteiger partial charge in [-0.15, -0.1) is 0 Å². The van der Waals surface area contributed by atoms with E-state index in [-0.39, 0.29) is 17.9 Å². The number of nitrogens with one attached hydrogen (secondary N) is 1. The van der Waals surface area contributed by atoms with E-state index in [0.717, 1.165) is 16.9 Å². The maximum Gasteiger partial charge on any atom is 0.258 e. The lowest BCUT2D eigenvalue weighted by molar-refractivity contribution is 0.0924. The summed E-state index contributed by atoms with van der Waals surface area (Å²) in [5.74, 6) is 0.794. The number of nitrogens with zero attached hydrogens (tertiary/aromatic N) is 4. The Kier molecular flexibility index (Phi) is 4.37. The molecule has 1 atom stereocenters. The van der Waals surface area contributed by atoms with Gasteiger partial charge in [-0.3, -0.25) is 4.79 Å². The summed E-state index contributed by atoms with van der Waals surface area (Å²) in [6.07, 6.45) is 0. The zero-order valence-electron chi connectivity index (χ0n) is 16.6. The van der Waals surface area contributed by atoms with Crippen molar-refractivity contribution < 1.29 is 9.32 Å². The molecule has 0 aliphatic heterocycles. The van der Waals surface area contributed by atoms with Crippen LogP contribution in [-0.2, 0) is 7.05 Å². The molecule has 0 saturated heterocycles. The molecule has 0 saturated carbocycles. The van der Waals surface area contributed by atoms with Crippen LogP contribution in [0.3, 0.4) is 0 Å². The van der Waals surface area contributed by atoms with E-state index in [1.54, 1.807) is 6.07 Å². The second kappa shape index (κ2) is 6.74. The van der Waals surface area contributed by atoms with Crippen molar-refractivity contribution in [3.63, 3.8) is 0 Å². The average Bonchev–Trinajstić information content (AvgIpc) is 3.19. The molecule has 144 valence electrons. The molecule has 0 spiro atoms. The zero-order chi connectivity index (χ0) is 20.0. The molecule has 28 heavy (non-hydrogen) atoms. The fraction of sp³-hybridized carbons (Fsp3) is 0.333. The van der Waals surface area contributed by atoms with Crippen LogP contribution in [0.1, 0.15) is 47.5 Å². The predicted octanol–water partition coefficient (Wildman–Crippen LogP) is 3.85. The number of hydrogen-bond acceptors (Lipinski definition) is 5. The number of fused-ring (bicyclic) bond motifs is 2. The summed E-state index contributed by atoms with van der Waals surface area (Å²) in [6, 6.07) is 9.49. The highest BCUT2D eigenvalue weighted by molar-refractivity contribution is 6.06. The summed E-state index contributed by atoms with van der Waals surface area (Å²) >= 11 is 0. The SMILES string of the molecule is Cc1cc(C(=O)N[C@H](c2nc3ccccc3n2C)C(C)C)c2c(C)noc2n1. The zero-order valence-corrected chi connectivity index (χ0v) is 16.6. The van der Waals surface area contributed by atoms with Crippen LogP contribution in [0.4, 0.5) is 0 Å². The van der Waals surface area contributed by atoms with E-state index in [1.807, 2.05) is 49.7 Å². The molecular formula is C21H23N5O2. The molecule has 0 unspecified atom stereocenters. The number of para-hydroxylation sites is 2. The molecule has 1 aromatic carbocycles. The van der Waals surface area contributed by atoms with E-state index in [1.165, 1.54) is 0 Å². The average molecular weight is 377 g/mol. The van der Waals surface area contributed by atoms with Crippen LogP contribution in [0.25, 0.3) is 22.1 Å². The first kappa shape index (κ1) is 18.2. The van der Waals surface area contributed by atoms with E-state index < -0.39 is 0 Å². The fourth-order valence-corrected chi connectivity index (χ4v) is 3.59. The molecule has 0 fully saturated rings. The Balaban J connectivity index is 1.76. The molecule has 3 aromatic heterocycles. The minimum absolute atomic E-state index is 0.154. The standard InChI is InChI=1S/C21H23N5O2/c1-11(2)18(19-23-15-8-6-7-9-16(15)26(19)5)24-20(27)14-10-12(3)22-21-17(14)13(4)25-28-21/h6-11,18H,1-5H3,(H,24,27)/t18-/m0/s1. The number of carbonyl (C=O) groups excluding carboxylic acids is 1. The molecule has 7 heteroatoms. The Bertz CT molecular complexity index is 1190. The molecule has 7 nitrogen and oxygen atoms in total. The van der Waals surface area contributed by atoms with Gasteiger partial charge in [-0.2, -0.15) is 0 Å². The Morgan fingerprint density at radius 2 is 1.93 bits per heavy atom. The highest BCUT2D eigenvalue weighted by atomic mass is 16.5. The van der Waals surface area contributed by atoms with Crippen molar-refractivity contribution in [2.45, 2.75) is 33.7 Å². The smallest absolute Gasteiger partial charge is 0.258 e. The van der Waals surface area contributed by atoms with Gasteiger partial charge in [0.1, 0.15) is 5.82 Å². The third-order valence-corrected chi connectivity index (χ3v) is 5.04. The molecule has 0 aliphatic rings. The molecule has 4 aromatic rings. The summed E-state index contributed by atoms with van der Waals surface area (Å²) < 4.78 is 7.30. The second-order valence-corrected chi connectivity index (χ2v) is 7.47. The van der Waals surface area contributed by atoms with Gasteiger partial charge in [0.25, 0.3) is 11.6 Å². The van der Waals surface area contributed by atoms with Gasteiger partial charge in [0, 0.05) is 12.7 Å². The summed E-state index contributed by atoms with van der Waals surface area (Å²) in [4.78, 5) is 22.3. The number of benzene rings is 1. The fourth-order valence-electron chi connectivity index (χ4n) is 3.59. The lowest BCUT2D eigenvalue weighted by atomic mass is 10.0. The van der Waals surface area contributed by atoms with Gasteiger partial charge >= 0.3 is 0 Å². The molecule has 1 amide bonds. The number of hydrogen-bond donors (Lipinski definition) is 1. The Morgan fingerprint density at radius 1 is 1.18 bits per heavy atom. The normalized spacial score (nSPS) is 12.8. The van der Waals surface area contributed by atoms with Crippen molar-refractivity contribution in [1.29, 1.82) is 0 Å². The van der Waals surface area contributed by atoms with Crippen molar-refractivity contribution in [3.05, 3.63) is 53.1 Å². The summed E-state index contributed by atoms with van der Waals surface area (Å²) in [5.41, 5.74) is 4.21. The molecule has 3 heterocycles. The van der Waals surface area contributed by atoms with Gasteiger partial charge in [0.15, 0.2) is 0 Å². The number of aryl methyl sites for hydroxylation is 3. The van der Waals surface area contributed by atoms with Gasteiger partial charge in [-0.05, 0) is 38.0 Å². The highest BCUT2D eigenvalue weighted by Gasteiger charge is 2.26. The monoisotopic (exact) mass is 377 g/mol. The van der Waals surface area contributed by atoms with Crippen LogP contribution in [0.15, 0.2) is 34.9 Å². The molecule has 0 bridgehead atoms. The molecule has 0 radical (unpaired) electrons. The number of amides is 1. The van der Waals surface area contributed by atoms with Crippen molar-refractivity contribution in [2.75, 3.05) is 0 Å². The lowest BCUT2D eigenvalue weighted by Gasteiger charge is -2.22. The third kappa shape index (κ3) is 2.93. The first-order valence-corrected chi connectivity index (χ1v) is 9.32. The van der Waals surface area contributed by atoms with Crippen molar-refractivity contribution in [2.24, 2.45) is 13.0 Å². The minimum Gasteiger partial charge on any atom is -0.342 e. The molecular weight excluding hydrogens is 354 g/mol. The van der Waals surface area contributed by atoms with E-state index in [0.29, 0.717) is 28.1 Å². The van der Waals surface area contributed by atoms with E-state index in [4.69, 9.17) is 9.51 Å². The molecule has 4 rings (SSSR count). The predicted molar refractivity (Wildman–Crippen MR) is 107 cm³/mol. The van der Waals surface area contributed by atoms with Crippen LogP contribution in [0.5, 0.6) is 0 Å². The second-order valence-electron chi connectivity index (χ2n) is 7.47. The number of imidazole rings is 1. The number of rotatable bonds is 4. The van der Waals surface area contributed by atoms with Gasteiger partial charge < -0.3 is 14.4 Å². The van der Waals surface area contributed by atoms with E-state index >= 15 is 0 Å². The Labute approximate surface area is 162 Å². The van der Waals surface area contributed by atoms with Crippen LogP contribution in [0, 0.1) is 19.8 Å². The minimum atomic E-state index is -0.242. The third-order valence-electron chi connectivity index (χ3n) is 5.04. The topological polar surface area (TPSA) is 85.8 Å². The Hall–Kier alpha value is -3.22. The van der Waals surface area contributed by atoms with Crippen LogP contribution < -0.4 is 5.32 Å². The van der Waals surface area contributed by atoms with Crippen molar-refractivity contribution in [3.8, 4) is 0 Å². The van der Waals surface area contributed by atoms with Gasteiger partial charge in [0.05, 0.1) is 33.7 Å². The summed E-state index contributed by atoms with van der Waals surface area (Å²) in [7, 11) is 1.98. The lowest BCUT2D eigenvalue weighted by Crippen LogP contribution is -2.33. The quantitative estimate of drug-likeness (QED) is 0.584. The number of pyridine rings is 1. The summed E-state index contributed by atoms with van der Waals surface area (Å²) in [5, 5.41) is 7.78. The Morgan fingerprint density at radius 3 is 2.64 bits per heavy atom. The van der Waals surface area contributed by atoms with E-state index in [9.17, 15) is 4.79 Å². The van der Waals surface area contributed by atoms with Crippen LogP contribution in [-0.4, -0.2) is 25.6 Å². The molecule has 0 aliphatic carbocycles.